The quantitative estimate of drug-likeness (QED) is 0.775. The van der Waals surface area contributed by atoms with Crippen LogP contribution in [-0.4, -0.2) is 28.2 Å². The molecule has 4 rings (SSSR count). The van der Waals surface area contributed by atoms with Crippen LogP contribution < -0.4 is 5.32 Å². The van der Waals surface area contributed by atoms with E-state index >= 15 is 0 Å². The second kappa shape index (κ2) is 5.88. The Morgan fingerprint density at radius 3 is 3.04 bits per heavy atom. The van der Waals surface area contributed by atoms with Crippen LogP contribution in [0.2, 0.25) is 0 Å². The maximum absolute atomic E-state index is 12.6. The van der Waals surface area contributed by atoms with Gasteiger partial charge in [0.2, 0.25) is 11.8 Å². The molecule has 122 valence electrons. The van der Waals surface area contributed by atoms with Crippen molar-refractivity contribution in [2.24, 2.45) is 5.92 Å². The first-order valence-electron chi connectivity index (χ1n) is 7.88. The number of furan rings is 1. The van der Waals surface area contributed by atoms with E-state index in [9.17, 15) is 9.59 Å². The Morgan fingerprint density at radius 1 is 1.29 bits per heavy atom. The van der Waals surface area contributed by atoms with Gasteiger partial charge in [-0.25, -0.2) is 0 Å². The number of likely N-dealkylation sites (tertiary alicyclic amines) is 1. The average Bonchev–Trinajstić information content (AvgIpc) is 3.30. The number of hydrogen-bond donors (Lipinski definition) is 2. The van der Waals surface area contributed by atoms with Gasteiger partial charge in [0.05, 0.1) is 24.4 Å². The molecule has 24 heavy (non-hydrogen) atoms. The molecule has 1 aliphatic heterocycles. The topological polar surface area (TPSA) is 78.3 Å². The molecule has 0 bridgehead atoms. The molecule has 1 atom stereocenters. The highest BCUT2D eigenvalue weighted by molar-refractivity contribution is 6.03. The molecule has 1 aromatic carbocycles. The number of carbonyl (C=O) groups is 2. The summed E-state index contributed by atoms with van der Waals surface area (Å²) in [5, 5.41) is 3.91. The van der Waals surface area contributed by atoms with E-state index < -0.39 is 0 Å². The first-order chi connectivity index (χ1) is 11.7. The number of H-pyrrole nitrogens is 1. The molecule has 0 radical (unpaired) electrons. The van der Waals surface area contributed by atoms with Crippen molar-refractivity contribution in [2.45, 2.75) is 13.0 Å². The van der Waals surface area contributed by atoms with Crippen molar-refractivity contribution in [1.29, 1.82) is 0 Å². The molecule has 6 nitrogen and oxygen atoms in total. The third kappa shape index (κ3) is 2.67. The van der Waals surface area contributed by atoms with Crippen molar-refractivity contribution in [1.82, 2.24) is 9.88 Å². The molecule has 1 aliphatic rings. The van der Waals surface area contributed by atoms with Gasteiger partial charge in [-0.1, -0.05) is 6.07 Å². The average molecular weight is 323 g/mol. The van der Waals surface area contributed by atoms with E-state index in [4.69, 9.17) is 4.42 Å². The van der Waals surface area contributed by atoms with Crippen LogP contribution in [0.5, 0.6) is 0 Å². The lowest BCUT2D eigenvalue weighted by Gasteiger charge is -2.15. The second-order valence-corrected chi connectivity index (χ2v) is 5.99. The minimum Gasteiger partial charge on any atom is -0.467 e. The number of nitrogens with one attached hydrogen (secondary N) is 2. The van der Waals surface area contributed by atoms with E-state index in [1.807, 2.05) is 36.5 Å². The molecule has 3 heterocycles. The van der Waals surface area contributed by atoms with Crippen LogP contribution in [0.25, 0.3) is 10.9 Å². The summed E-state index contributed by atoms with van der Waals surface area (Å²) in [6.45, 7) is 0.817. The van der Waals surface area contributed by atoms with Crippen molar-refractivity contribution in [3.05, 3.63) is 54.6 Å². The van der Waals surface area contributed by atoms with Crippen LogP contribution in [0, 0.1) is 5.92 Å². The zero-order valence-corrected chi connectivity index (χ0v) is 13.0. The first-order valence-corrected chi connectivity index (χ1v) is 7.88. The summed E-state index contributed by atoms with van der Waals surface area (Å²) in [4.78, 5) is 29.5. The van der Waals surface area contributed by atoms with Crippen LogP contribution >= 0.6 is 0 Å². The van der Waals surface area contributed by atoms with Gasteiger partial charge in [-0.2, -0.15) is 0 Å². The molecular formula is C18H17N3O3. The summed E-state index contributed by atoms with van der Waals surface area (Å²) < 4.78 is 5.28. The molecule has 0 unspecified atom stereocenters. The fourth-order valence-corrected chi connectivity index (χ4v) is 3.12. The molecule has 6 heteroatoms. The van der Waals surface area contributed by atoms with E-state index in [2.05, 4.69) is 10.3 Å². The van der Waals surface area contributed by atoms with Crippen LogP contribution in [0.15, 0.2) is 53.3 Å². The Bertz CT molecular complexity index is 882. The lowest BCUT2D eigenvalue weighted by Crippen LogP contribution is -2.27. The van der Waals surface area contributed by atoms with Gasteiger partial charge >= 0.3 is 0 Å². The van der Waals surface area contributed by atoms with E-state index in [0.29, 0.717) is 13.1 Å². The highest BCUT2D eigenvalue weighted by atomic mass is 16.3. The highest BCUT2D eigenvalue weighted by Gasteiger charge is 2.34. The van der Waals surface area contributed by atoms with E-state index in [-0.39, 0.29) is 24.2 Å². The maximum Gasteiger partial charge on any atom is 0.229 e. The maximum atomic E-state index is 12.6. The fourth-order valence-electron chi connectivity index (χ4n) is 3.12. The summed E-state index contributed by atoms with van der Waals surface area (Å²) in [5.74, 6) is 0.230. The number of aromatic nitrogens is 1. The molecule has 1 fully saturated rings. The van der Waals surface area contributed by atoms with Gasteiger partial charge in [-0.05, 0) is 30.3 Å². The van der Waals surface area contributed by atoms with Crippen molar-refractivity contribution in [3.8, 4) is 0 Å². The van der Waals surface area contributed by atoms with Gasteiger partial charge in [0.15, 0.2) is 0 Å². The van der Waals surface area contributed by atoms with Gasteiger partial charge in [-0.3, -0.25) is 9.59 Å². The second-order valence-electron chi connectivity index (χ2n) is 5.99. The Morgan fingerprint density at radius 2 is 2.21 bits per heavy atom. The SMILES string of the molecule is O=C(Nc1cccc2[nH]ccc12)[C@H]1CC(=O)N(Cc2ccco2)C1. The Hall–Kier alpha value is -3.02. The molecule has 3 aromatic rings. The predicted molar refractivity (Wildman–Crippen MR) is 89.2 cm³/mol. The molecule has 2 amide bonds. The standard InChI is InChI=1S/C18H17N3O3/c22-17-9-12(10-21(17)11-13-3-2-8-24-13)18(23)20-16-5-1-4-15-14(16)6-7-19-15/h1-8,12,19H,9-11H2,(H,20,23)/t12-/m0/s1. The van der Waals surface area contributed by atoms with Crippen LogP contribution in [0.4, 0.5) is 5.69 Å². The zero-order chi connectivity index (χ0) is 16.5. The fraction of sp³-hybridized carbons (Fsp3) is 0.222. The van der Waals surface area contributed by atoms with Crippen LogP contribution in [0.1, 0.15) is 12.2 Å². The van der Waals surface area contributed by atoms with Gasteiger partial charge in [0, 0.05) is 30.1 Å². The molecule has 0 aliphatic carbocycles. The van der Waals surface area contributed by atoms with E-state index in [1.54, 1.807) is 17.2 Å². The number of amides is 2. The molecule has 2 aromatic heterocycles. The Labute approximate surface area is 138 Å². The number of anilines is 1. The van der Waals surface area contributed by atoms with Gasteiger partial charge in [0.1, 0.15) is 5.76 Å². The number of rotatable bonds is 4. The van der Waals surface area contributed by atoms with Gasteiger partial charge < -0.3 is 19.6 Å². The number of nitrogens with zero attached hydrogens (tertiary/aromatic N) is 1. The van der Waals surface area contributed by atoms with E-state index in [0.717, 1.165) is 22.4 Å². The van der Waals surface area contributed by atoms with Crippen LogP contribution in [0.3, 0.4) is 0 Å². The Balaban J connectivity index is 1.45. The predicted octanol–water partition coefficient (Wildman–Crippen LogP) is 2.75. The number of carbonyl (C=O) groups excluding carboxylic acids is 2. The minimum absolute atomic E-state index is 0.0218. The third-order valence-electron chi connectivity index (χ3n) is 4.36. The van der Waals surface area contributed by atoms with Crippen molar-refractivity contribution in [3.63, 3.8) is 0 Å². The summed E-state index contributed by atoms with van der Waals surface area (Å²) in [5.41, 5.74) is 1.73. The zero-order valence-electron chi connectivity index (χ0n) is 13.0. The lowest BCUT2D eigenvalue weighted by atomic mass is 10.1. The molecular weight excluding hydrogens is 306 g/mol. The summed E-state index contributed by atoms with van der Waals surface area (Å²) in [6.07, 6.45) is 3.65. The highest BCUT2D eigenvalue weighted by Crippen LogP contribution is 2.25. The number of hydrogen-bond acceptors (Lipinski definition) is 3. The largest absolute Gasteiger partial charge is 0.467 e. The van der Waals surface area contributed by atoms with Crippen molar-refractivity contribution in [2.75, 3.05) is 11.9 Å². The third-order valence-corrected chi connectivity index (χ3v) is 4.36. The van der Waals surface area contributed by atoms with E-state index in [1.165, 1.54) is 0 Å². The first kappa shape index (κ1) is 14.6. The normalized spacial score (nSPS) is 17.6. The van der Waals surface area contributed by atoms with Gasteiger partial charge in [0.25, 0.3) is 0 Å². The molecule has 0 spiro atoms. The summed E-state index contributed by atoms with van der Waals surface area (Å²) in [6, 6.07) is 11.2. The van der Waals surface area contributed by atoms with Gasteiger partial charge in [-0.15, -0.1) is 0 Å². The molecule has 2 N–H and O–H groups in total. The lowest BCUT2D eigenvalue weighted by molar-refractivity contribution is -0.128. The summed E-state index contributed by atoms with van der Waals surface area (Å²) in [7, 11) is 0. The molecule has 0 saturated carbocycles. The number of benzene rings is 1. The molecule has 1 saturated heterocycles. The number of aromatic amines is 1. The van der Waals surface area contributed by atoms with Crippen molar-refractivity contribution < 1.29 is 14.0 Å². The number of fused-ring (bicyclic) bond motifs is 1. The monoisotopic (exact) mass is 323 g/mol. The smallest absolute Gasteiger partial charge is 0.229 e. The minimum atomic E-state index is -0.346. The summed E-state index contributed by atoms with van der Waals surface area (Å²) >= 11 is 0. The Kier molecular flexibility index (Phi) is 3.57. The van der Waals surface area contributed by atoms with Crippen LogP contribution in [-0.2, 0) is 16.1 Å². The van der Waals surface area contributed by atoms with Crippen molar-refractivity contribution >= 4 is 28.4 Å².